The highest BCUT2D eigenvalue weighted by atomic mass is 16.3. The van der Waals surface area contributed by atoms with Crippen LogP contribution in [0, 0.1) is 0 Å². The Labute approximate surface area is 187 Å². The first-order valence-corrected chi connectivity index (χ1v) is 11.1. The Morgan fingerprint density at radius 1 is 1.00 bits per heavy atom. The number of carbonyl (C=O) groups excluding carboxylic acids is 1. The van der Waals surface area contributed by atoms with Gasteiger partial charge in [-0.05, 0) is 54.5 Å². The molecule has 1 aliphatic heterocycles. The molecule has 1 fully saturated rings. The summed E-state index contributed by atoms with van der Waals surface area (Å²) in [6.45, 7) is 2.78. The molecule has 1 aliphatic rings. The van der Waals surface area contributed by atoms with Crippen molar-refractivity contribution in [1.82, 2.24) is 15.2 Å². The number of rotatable bonds is 7. The monoisotopic (exact) mass is 431 g/mol. The van der Waals surface area contributed by atoms with Gasteiger partial charge in [-0.25, -0.2) is 4.79 Å². The highest BCUT2D eigenvalue weighted by Crippen LogP contribution is 2.36. The molecule has 1 saturated heterocycles. The number of pyridine rings is 1. The van der Waals surface area contributed by atoms with E-state index in [9.17, 15) is 14.7 Å². The van der Waals surface area contributed by atoms with Crippen LogP contribution in [0.2, 0.25) is 0 Å². The van der Waals surface area contributed by atoms with E-state index in [4.69, 9.17) is 0 Å². The van der Waals surface area contributed by atoms with Crippen molar-refractivity contribution < 1.29 is 9.90 Å². The summed E-state index contributed by atoms with van der Waals surface area (Å²) in [4.78, 5) is 29.1. The van der Waals surface area contributed by atoms with Gasteiger partial charge in [0.1, 0.15) is 0 Å². The Balaban J connectivity index is 1.50. The first-order chi connectivity index (χ1) is 15.5. The molecule has 2 aromatic carbocycles. The largest absolute Gasteiger partial charge is 0.396 e. The Kier molecular flexibility index (Phi) is 6.42. The summed E-state index contributed by atoms with van der Waals surface area (Å²) in [6.07, 6.45) is 3.82. The average Bonchev–Trinajstić information content (AvgIpc) is 2.83. The van der Waals surface area contributed by atoms with Crippen molar-refractivity contribution in [3.63, 3.8) is 0 Å². The normalized spacial score (nSPS) is 19.4. The molecule has 2 amide bonds. The summed E-state index contributed by atoms with van der Waals surface area (Å²) in [6, 6.07) is 21.3. The average molecular weight is 432 g/mol. The molecule has 1 aromatic heterocycles. The third kappa shape index (κ3) is 4.46. The van der Waals surface area contributed by atoms with Gasteiger partial charge in [0.05, 0.1) is 11.6 Å². The lowest BCUT2D eigenvalue weighted by molar-refractivity contribution is 0.117. The summed E-state index contributed by atoms with van der Waals surface area (Å²) in [7, 11) is 0. The number of nitrogens with one attached hydrogen (secondary N) is 2. The van der Waals surface area contributed by atoms with Crippen molar-refractivity contribution in [1.29, 1.82) is 0 Å². The lowest BCUT2D eigenvalue weighted by Gasteiger charge is -2.45. The van der Waals surface area contributed by atoms with Crippen LogP contribution in [-0.4, -0.2) is 34.2 Å². The summed E-state index contributed by atoms with van der Waals surface area (Å²) in [5.41, 5.74) is 3.50. The Bertz CT molecular complexity index is 1090. The van der Waals surface area contributed by atoms with E-state index >= 15 is 0 Å². The first-order valence-electron chi connectivity index (χ1n) is 11.1. The highest BCUT2D eigenvalue weighted by Gasteiger charge is 2.40. The van der Waals surface area contributed by atoms with E-state index in [2.05, 4.69) is 10.3 Å². The molecule has 0 saturated carbocycles. The first kappa shape index (κ1) is 21.8. The minimum Gasteiger partial charge on any atom is -0.396 e. The number of hydrogen-bond acceptors (Lipinski definition) is 3. The van der Waals surface area contributed by atoms with Gasteiger partial charge >= 0.3 is 6.03 Å². The zero-order chi connectivity index (χ0) is 22.6. The number of nitrogens with zero attached hydrogens (tertiary/aromatic N) is 1. The molecule has 166 valence electrons. The molecule has 0 radical (unpaired) electrons. The van der Waals surface area contributed by atoms with Crippen LogP contribution in [0.5, 0.6) is 0 Å². The molecule has 0 bridgehead atoms. The summed E-state index contributed by atoms with van der Waals surface area (Å²) in [5.74, 6) is 0. The van der Waals surface area contributed by atoms with Crippen LogP contribution >= 0.6 is 0 Å². The van der Waals surface area contributed by atoms with Crippen LogP contribution in [0.15, 0.2) is 77.7 Å². The van der Waals surface area contributed by atoms with Gasteiger partial charge in [0.15, 0.2) is 0 Å². The van der Waals surface area contributed by atoms with Gasteiger partial charge in [-0.2, -0.15) is 0 Å². The van der Waals surface area contributed by atoms with Crippen LogP contribution in [-0.2, 0) is 5.54 Å². The highest BCUT2D eigenvalue weighted by molar-refractivity contribution is 5.77. The molecule has 4 rings (SSSR count). The minimum absolute atomic E-state index is 0.0776. The van der Waals surface area contributed by atoms with E-state index in [1.165, 1.54) is 6.07 Å². The summed E-state index contributed by atoms with van der Waals surface area (Å²) >= 11 is 0. The zero-order valence-corrected chi connectivity index (χ0v) is 18.3. The number of benzene rings is 2. The fourth-order valence-corrected chi connectivity index (χ4v) is 4.53. The van der Waals surface area contributed by atoms with E-state index in [0.717, 1.165) is 28.7 Å². The molecule has 3 N–H and O–H groups in total. The standard InChI is InChI=1S/C26H29N3O3/c1-19(20-8-10-21(11-9-20)22-12-13-24(31)27-18-22)29-16-15-26(14-5-17-30,28-25(29)32)23-6-3-2-4-7-23/h2-4,6-13,18-19,30H,5,14-17H2,1H3,(H,27,31)(H,28,32). The molecule has 2 atom stereocenters. The van der Waals surface area contributed by atoms with E-state index in [1.54, 1.807) is 12.3 Å². The topological polar surface area (TPSA) is 85.4 Å². The maximum absolute atomic E-state index is 13.2. The second-order valence-electron chi connectivity index (χ2n) is 8.39. The molecular weight excluding hydrogens is 402 g/mol. The van der Waals surface area contributed by atoms with Gasteiger partial charge in [0.25, 0.3) is 0 Å². The fourth-order valence-electron chi connectivity index (χ4n) is 4.53. The maximum atomic E-state index is 13.2. The van der Waals surface area contributed by atoms with Crippen molar-refractivity contribution in [2.24, 2.45) is 0 Å². The number of aromatic nitrogens is 1. The lowest BCUT2D eigenvalue weighted by atomic mass is 9.81. The zero-order valence-electron chi connectivity index (χ0n) is 18.3. The van der Waals surface area contributed by atoms with E-state index in [0.29, 0.717) is 19.4 Å². The van der Waals surface area contributed by atoms with Crippen molar-refractivity contribution in [3.8, 4) is 11.1 Å². The predicted molar refractivity (Wildman–Crippen MR) is 125 cm³/mol. The Morgan fingerprint density at radius 2 is 1.72 bits per heavy atom. The van der Waals surface area contributed by atoms with Crippen LogP contribution in [0.3, 0.4) is 0 Å². The molecule has 2 heterocycles. The minimum atomic E-state index is -0.453. The number of amides is 2. The lowest BCUT2D eigenvalue weighted by Crippen LogP contribution is -2.58. The number of aliphatic hydroxyl groups excluding tert-OH is 1. The molecule has 6 nitrogen and oxygen atoms in total. The van der Waals surface area contributed by atoms with Gasteiger partial charge in [-0.1, -0.05) is 54.6 Å². The van der Waals surface area contributed by atoms with E-state index in [1.807, 2.05) is 66.4 Å². The molecule has 6 heteroatoms. The third-order valence-corrected chi connectivity index (χ3v) is 6.45. The summed E-state index contributed by atoms with van der Waals surface area (Å²) < 4.78 is 0. The van der Waals surface area contributed by atoms with Crippen molar-refractivity contribution in [2.45, 2.75) is 37.8 Å². The second kappa shape index (κ2) is 9.40. The van der Waals surface area contributed by atoms with Crippen LogP contribution < -0.4 is 10.9 Å². The summed E-state index contributed by atoms with van der Waals surface area (Å²) in [5, 5.41) is 12.7. The smallest absolute Gasteiger partial charge is 0.318 e. The van der Waals surface area contributed by atoms with Crippen LogP contribution in [0.25, 0.3) is 11.1 Å². The van der Waals surface area contributed by atoms with E-state index < -0.39 is 5.54 Å². The van der Waals surface area contributed by atoms with Gasteiger partial charge < -0.3 is 20.3 Å². The maximum Gasteiger partial charge on any atom is 0.318 e. The fraction of sp³-hybridized carbons (Fsp3) is 0.308. The molecule has 2 unspecified atom stereocenters. The van der Waals surface area contributed by atoms with Gasteiger partial charge in [-0.15, -0.1) is 0 Å². The van der Waals surface area contributed by atoms with Crippen molar-refractivity contribution >= 4 is 6.03 Å². The van der Waals surface area contributed by atoms with Crippen LogP contribution in [0.1, 0.15) is 43.4 Å². The molecule has 32 heavy (non-hydrogen) atoms. The number of aromatic amines is 1. The predicted octanol–water partition coefficient (Wildman–Crippen LogP) is 4.19. The molecular formula is C26H29N3O3. The Hall–Kier alpha value is -3.38. The van der Waals surface area contributed by atoms with Gasteiger partial charge in [0, 0.05) is 25.4 Å². The number of aliphatic hydroxyl groups is 1. The quantitative estimate of drug-likeness (QED) is 0.524. The molecule has 0 aliphatic carbocycles. The van der Waals surface area contributed by atoms with Gasteiger partial charge in [-0.3, -0.25) is 4.79 Å². The van der Waals surface area contributed by atoms with Gasteiger partial charge in [0.2, 0.25) is 5.56 Å². The number of carbonyl (C=O) groups is 1. The number of urea groups is 1. The number of H-pyrrole nitrogens is 1. The molecule has 3 aromatic rings. The van der Waals surface area contributed by atoms with Crippen molar-refractivity contribution in [2.75, 3.05) is 13.2 Å². The van der Waals surface area contributed by atoms with Crippen LogP contribution in [0.4, 0.5) is 4.79 Å². The molecule has 0 spiro atoms. The third-order valence-electron chi connectivity index (χ3n) is 6.45. The SMILES string of the molecule is CC(c1ccc(-c2ccc(=O)[nH]c2)cc1)N1CCC(CCCO)(c2ccccc2)NC1=O. The Morgan fingerprint density at radius 3 is 2.34 bits per heavy atom. The second-order valence-corrected chi connectivity index (χ2v) is 8.39. The van der Waals surface area contributed by atoms with Crippen molar-refractivity contribution in [3.05, 3.63) is 94.4 Å². The number of hydrogen-bond donors (Lipinski definition) is 3. The van der Waals surface area contributed by atoms with E-state index in [-0.39, 0.29) is 24.2 Å².